The number of hydrogen-bond donors (Lipinski definition) is 2. The Morgan fingerprint density at radius 3 is 2.61 bits per heavy atom. The van der Waals surface area contributed by atoms with Gasteiger partial charge in [-0.15, -0.1) is 0 Å². The molecule has 0 atom stereocenters. The van der Waals surface area contributed by atoms with E-state index in [0.717, 1.165) is 17.7 Å². The van der Waals surface area contributed by atoms with Gasteiger partial charge in [-0.3, -0.25) is 9.30 Å². The maximum atomic E-state index is 13.6. The van der Waals surface area contributed by atoms with Crippen molar-refractivity contribution in [3.63, 3.8) is 0 Å². The van der Waals surface area contributed by atoms with Crippen molar-refractivity contribution in [2.24, 2.45) is 4.99 Å². The van der Waals surface area contributed by atoms with Crippen LogP contribution >= 0.6 is 0 Å². The lowest BCUT2D eigenvalue weighted by molar-refractivity contribution is 0.590. The number of guanidine groups is 1. The Morgan fingerprint density at radius 2 is 1.82 bits per heavy atom. The third kappa shape index (κ3) is 4.81. The summed E-state index contributed by atoms with van der Waals surface area (Å²) in [5.41, 5.74) is 2.46. The third-order valence-corrected chi connectivity index (χ3v) is 6.47. The minimum atomic E-state index is -3.41. The first-order valence-electron chi connectivity index (χ1n) is 9.27. The van der Waals surface area contributed by atoms with E-state index in [2.05, 4.69) is 15.6 Å². The number of benzene rings is 2. The van der Waals surface area contributed by atoms with E-state index in [1.54, 1.807) is 25.2 Å². The smallest absolute Gasteiger partial charge is 0.236 e. The summed E-state index contributed by atoms with van der Waals surface area (Å²) in [5.74, 6) is 0.229. The lowest BCUT2D eigenvalue weighted by Crippen LogP contribution is -2.42. The number of rotatable bonds is 7. The summed E-state index contributed by atoms with van der Waals surface area (Å²) in [5, 5.41) is 6.09. The SMILES string of the molecule is CN=C(NCCc1ccccc1F)NCCS(=O)(=O)N1CCc2ccccc21. The number of hydrogen-bond acceptors (Lipinski definition) is 3. The van der Waals surface area contributed by atoms with Crippen LogP contribution in [0.5, 0.6) is 0 Å². The highest BCUT2D eigenvalue weighted by Gasteiger charge is 2.28. The van der Waals surface area contributed by atoms with E-state index in [4.69, 9.17) is 0 Å². The van der Waals surface area contributed by atoms with Crippen molar-refractivity contribution in [3.8, 4) is 0 Å². The van der Waals surface area contributed by atoms with Crippen molar-refractivity contribution in [3.05, 3.63) is 65.5 Å². The summed E-state index contributed by atoms with van der Waals surface area (Å²) in [6.07, 6.45) is 1.25. The molecule has 1 aliphatic rings. The molecular formula is C20H25FN4O2S. The fraction of sp³-hybridized carbons (Fsp3) is 0.350. The Labute approximate surface area is 165 Å². The first-order valence-corrected chi connectivity index (χ1v) is 10.9. The van der Waals surface area contributed by atoms with Gasteiger partial charge in [0, 0.05) is 26.7 Å². The van der Waals surface area contributed by atoms with Crippen LogP contribution < -0.4 is 14.9 Å². The molecule has 3 rings (SSSR count). The molecule has 0 spiro atoms. The molecule has 8 heteroatoms. The van der Waals surface area contributed by atoms with E-state index in [1.807, 2.05) is 24.3 Å². The highest BCUT2D eigenvalue weighted by Crippen LogP contribution is 2.29. The van der Waals surface area contributed by atoms with Crippen LogP contribution in [0.4, 0.5) is 10.1 Å². The van der Waals surface area contributed by atoms with Crippen LogP contribution in [0.25, 0.3) is 0 Å². The normalized spacial score (nSPS) is 14.1. The maximum Gasteiger partial charge on any atom is 0.236 e. The second-order valence-corrected chi connectivity index (χ2v) is 8.55. The zero-order valence-corrected chi connectivity index (χ0v) is 16.7. The maximum absolute atomic E-state index is 13.6. The van der Waals surface area contributed by atoms with Crippen molar-refractivity contribution < 1.29 is 12.8 Å². The number of sulfonamides is 1. The Bertz CT molecular complexity index is 947. The average Bonchev–Trinajstić information content (AvgIpc) is 3.13. The second-order valence-electron chi connectivity index (χ2n) is 6.53. The van der Waals surface area contributed by atoms with Gasteiger partial charge in [0.15, 0.2) is 5.96 Å². The molecule has 0 amide bonds. The highest BCUT2D eigenvalue weighted by molar-refractivity contribution is 7.92. The van der Waals surface area contributed by atoms with Crippen molar-refractivity contribution >= 4 is 21.7 Å². The topological polar surface area (TPSA) is 73.8 Å². The van der Waals surface area contributed by atoms with E-state index >= 15 is 0 Å². The molecule has 1 aliphatic heterocycles. The highest BCUT2D eigenvalue weighted by atomic mass is 32.2. The van der Waals surface area contributed by atoms with Crippen LogP contribution in [0.3, 0.4) is 0 Å². The number of para-hydroxylation sites is 1. The van der Waals surface area contributed by atoms with Crippen molar-refractivity contribution in [1.82, 2.24) is 10.6 Å². The molecule has 0 unspecified atom stereocenters. The Hall–Kier alpha value is -2.61. The molecule has 2 aromatic carbocycles. The number of nitrogens with zero attached hydrogens (tertiary/aromatic N) is 2. The average molecular weight is 405 g/mol. The molecule has 0 aliphatic carbocycles. The molecule has 1 heterocycles. The second kappa shape index (κ2) is 9.05. The van der Waals surface area contributed by atoms with Crippen LogP contribution in [-0.2, 0) is 22.9 Å². The fourth-order valence-electron chi connectivity index (χ4n) is 3.24. The fourth-order valence-corrected chi connectivity index (χ4v) is 4.67. The van der Waals surface area contributed by atoms with Crippen molar-refractivity contribution in [2.45, 2.75) is 12.8 Å². The molecule has 0 saturated carbocycles. The van der Waals surface area contributed by atoms with Crippen molar-refractivity contribution in [2.75, 3.05) is 36.7 Å². The summed E-state index contributed by atoms with van der Waals surface area (Å²) in [4.78, 5) is 4.09. The monoisotopic (exact) mass is 404 g/mol. The minimum absolute atomic E-state index is 0.0324. The van der Waals surface area contributed by atoms with Crippen LogP contribution in [0, 0.1) is 5.82 Å². The molecular weight excluding hydrogens is 379 g/mol. The van der Waals surface area contributed by atoms with Crippen LogP contribution in [0.2, 0.25) is 0 Å². The van der Waals surface area contributed by atoms with Crippen LogP contribution in [0.1, 0.15) is 11.1 Å². The Kier molecular flexibility index (Phi) is 6.51. The van der Waals surface area contributed by atoms with Crippen molar-refractivity contribution in [1.29, 1.82) is 0 Å². The Balaban J connectivity index is 1.47. The zero-order valence-electron chi connectivity index (χ0n) is 15.9. The van der Waals surface area contributed by atoms with Gasteiger partial charge < -0.3 is 10.6 Å². The number of fused-ring (bicyclic) bond motifs is 1. The quantitative estimate of drug-likeness (QED) is 0.546. The van der Waals surface area contributed by atoms with Crippen LogP contribution in [-0.4, -0.2) is 46.8 Å². The number of halogens is 1. The van der Waals surface area contributed by atoms with Gasteiger partial charge >= 0.3 is 0 Å². The summed E-state index contributed by atoms with van der Waals surface area (Å²) in [6, 6.07) is 14.2. The summed E-state index contributed by atoms with van der Waals surface area (Å²) in [7, 11) is -1.79. The van der Waals surface area contributed by atoms with Gasteiger partial charge in [-0.25, -0.2) is 12.8 Å². The first-order chi connectivity index (χ1) is 13.5. The lowest BCUT2D eigenvalue weighted by atomic mass is 10.1. The number of anilines is 1. The molecule has 2 aromatic rings. The van der Waals surface area contributed by atoms with Gasteiger partial charge in [0.1, 0.15) is 5.82 Å². The predicted molar refractivity (Wildman–Crippen MR) is 111 cm³/mol. The Morgan fingerprint density at radius 1 is 1.11 bits per heavy atom. The van der Waals surface area contributed by atoms with Gasteiger partial charge in [-0.1, -0.05) is 36.4 Å². The third-order valence-electron chi connectivity index (χ3n) is 4.70. The molecule has 28 heavy (non-hydrogen) atoms. The number of nitrogens with one attached hydrogen (secondary N) is 2. The molecule has 2 N–H and O–H groups in total. The van der Waals surface area contributed by atoms with E-state index in [1.165, 1.54) is 10.4 Å². The van der Waals surface area contributed by atoms with Gasteiger partial charge in [-0.2, -0.15) is 0 Å². The molecule has 6 nitrogen and oxygen atoms in total. The van der Waals surface area contributed by atoms with Gasteiger partial charge in [-0.05, 0) is 36.1 Å². The van der Waals surface area contributed by atoms with Gasteiger partial charge in [0.2, 0.25) is 10.0 Å². The molecule has 0 aromatic heterocycles. The molecule has 0 radical (unpaired) electrons. The van der Waals surface area contributed by atoms with Gasteiger partial charge in [0.05, 0.1) is 11.4 Å². The van der Waals surface area contributed by atoms with E-state index in [9.17, 15) is 12.8 Å². The van der Waals surface area contributed by atoms with E-state index < -0.39 is 10.0 Å². The minimum Gasteiger partial charge on any atom is -0.356 e. The van der Waals surface area contributed by atoms with E-state index in [-0.39, 0.29) is 18.1 Å². The predicted octanol–water partition coefficient (Wildman–Crippen LogP) is 1.93. The number of aliphatic imine (C=N–C) groups is 1. The lowest BCUT2D eigenvalue weighted by Gasteiger charge is -2.20. The van der Waals surface area contributed by atoms with Crippen LogP contribution in [0.15, 0.2) is 53.5 Å². The summed E-state index contributed by atoms with van der Waals surface area (Å²) >= 11 is 0. The summed E-state index contributed by atoms with van der Waals surface area (Å²) < 4.78 is 40.5. The molecule has 0 fully saturated rings. The zero-order chi connectivity index (χ0) is 20.0. The molecule has 0 bridgehead atoms. The first kappa shape index (κ1) is 20.1. The molecule has 150 valence electrons. The largest absolute Gasteiger partial charge is 0.356 e. The molecule has 0 saturated heterocycles. The van der Waals surface area contributed by atoms with Gasteiger partial charge in [0.25, 0.3) is 0 Å². The summed E-state index contributed by atoms with van der Waals surface area (Å²) in [6.45, 7) is 1.21. The van der Waals surface area contributed by atoms with E-state index in [0.29, 0.717) is 31.0 Å². The standard InChI is InChI=1S/C20H25FN4O2S/c1-22-20(23-12-10-16-6-2-4-8-18(16)21)24-13-15-28(26,27)25-14-11-17-7-3-5-9-19(17)25/h2-9H,10-15H2,1H3,(H2,22,23,24).